The lowest BCUT2D eigenvalue weighted by atomic mass is 9.90. The van der Waals surface area contributed by atoms with E-state index >= 15 is 0 Å². The fourth-order valence-electron chi connectivity index (χ4n) is 4.36. The number of alkyl carbamates (subject to hydrolysis) is 1. The summed E-state index contributed by atoms with van der Waals surface area (Å²) < 4.78 is 11.9. The molecule has 2 aromatic heterocycles. The van der Waals surface area contributed by atoms with Gasteiger partial charge in [-0.25, -0.2) is 4.79 Å². The van der Waals surface area contributed by atoms with E-state index in [4.69, 9.17) is 9.47 Å². The van der Waals surface area contributed by atoms with Crippen LogP contribution in [0.15, 0.2) is 79.3 Å². The average Bonchev–Trinajstić information content (AvgIpc) is 3.29. The van der Waals surface area contributed by atoms with Gasteiger partial charge >= 0.3 is 6.09 Å². The van der Waals surface area contributed by atoms with E-state index in [-0.39, 0.29) is 5.92 Å². The highest BCUT2D eigenvalue weighted by Gasteiger charge is 2.32. The number of benzene rings is 2. The van der Waals surface area contributed by atoms with Gasteiger partial charge in [-0.3, -0.25) is 4.98 Å². The van der Waals surface area contributed by atoms with Crippen LogP contribution in [0.1, 0.15) is 50.5 Å². The molecule has 3 atom stereocenters. The highest BCUT2D eigenvalue weighted by molar-refractivity contribution is 5.88. The standard InChI is InChI=1S/C30H35N3O4/c1-20(28(37-29(35)33-30(2,3)4)27(34)22-12-9-15-31-17-22)16-23-18-32-26-24(23)13-8-14-25(26)36-19-21-10-6-5-7-11-21/h5-15,17-18,20,27-28,32,34H,16,19H2,1-4H3,(H,33,35)/t20?,27-,28-/m1/s1. The fraction of sp³-hybridized carbons (Fsp3) is 0.333. The Morgan fingerprint density at radius 2 is 1.86 bits per heavy atom. The summed E-state index contributed by atoms with van der Waals surface area (Å²) in [6.07, 6.45) is 3.40. The Morgan fingerprint density at radius 3 is 2.57 bits per heavy atom. The van der Waals surface area contributed by atoms with E-state index in [0.717, 1.165) is 27.8 Å². The molecule has 0 spiro atoms. The van der Waals surface area contributed by atoms with Crippen molar-refractivity contribution in [3.8, 4) is 5.75 Å². The first-order valence-electron chi connectivity index (χ1n) is 12.5. The number of nitrogens with zero attached hydrogens (tertiary/aromatic N) is 1. The molecule has 2 heterocycles. The number of nitrogens with one attached hydrogen (secondary N) is 2. The Kier molecular flexibility index (Phi) is 8.14. The van der Waals surface area contributed by atoms with Crippen molar-refractivity contribution in [1.29, 1.82) is 0 Å². The van der Waals surface area contributed by atoms with Gasteiger partial charge in [0.2, 0.25) is 0 Å². The molecule has 0 saturated heterocycles. The smallest absolute Gasteiger partial charge is 0.407 e. The number of pyridine rings is 1. The van der Waals surface area contributed by atoms with Crippen molar-refractivity contribution in [3.63, 3.8) is 0 Å². The molecule has 0 aliphatic heterocycles. The van der Waals surface area contributed by atoms with Crippen LogP contribution in [0.5, 0.6) is 5.75 Å². The Hall–Kier alpha value is -3.84. The van der Waals surface area contributed by atoms with E-state index in [1.54, 1.807) is 24.5 Å². The number of hydrogen-bond acceptors (Lipinski definition) is 5. The van der Waals surface area contributed by atoms with Crippen LogP contribution in [-0.4, -0.2) is 32.8 Å². The summed E-state index contributed by atoms with van der Waals surface area (Å²) in [5.41, 5.74) is 3.19. The van der Waals surface area contributed by atoms with E-state index in [2.05, 4.69) is 15.3 Å². The van der Waals surface area contributed by atoms with Crippen LogP contribution in [0.3, 0.4) is 0 Å². The van der Waals surface area contributed by atoms with Crippen LogP contribution in [0.4, 0.5) is 4.79 Å². The van der Waals surface area contributed by atoms with Gasteiger partial charge in [-0.05, 0) is 50.5 Å². The Bertz CT molecular complexity index is 1300. The van der Waals surface area contributed by atoms with Gasteiger partial charge in [0, 0.05) is 41.0 Å². The first-order chi connectivity index (χ1) is 17.7. The van der Waals surface area contributed by atoms with Crippen LogP contribution in [0.25, 0.3) is 10.9 Å². The number of carbonyl (C=O) groups excluding carboxylic acids is 1. The normalized spacial score (nSPS) is 14.1. The highest BCUT2D eigenvalue weighted by Crippen LogP contribution is 2.32. The molecule has 1 unspecified atom stereocenters. The van der Waals surface area contributed by atoms with Gasteiger partial charge in [0.25, 0.3) is 0 Å². The molecule has 4 rings (SSSR count). The third-order valence-electron chi connectivity index (χ3n) is 6.16. The van der Waals surface area contributed by atoms with E-state index < -0.39 is 23.8 Å². The van der Waals surface area contributed by atoms with Crippen molar-refractivity contribution >= 4 is 17.0 Å². The molecule has 0 aliphatic carbocycles. The molecule has 0 aliphatic rings. The quantitative estimate of drug-likeness (QED) is 0.263. The van der Waals surface area contributed by atoms with Crippen molar-refractivity contribution in [3.05, 3.63) is 95.9 Å². The number of amides is 1. The summed E-state index contributed by atoms with van der Waals surface area (Å²) in [6.45, 7) is 8.10. The molecule has 2 aromatic carbocycles. The number of aliphatic hydroxyl groups is 1. The molecule has 37 heavy (non-hydrogen) atoms. The molecule has 3 N–H and O–H groups in total. The number of aliphatic hydroxyl groups excluding tert-OH is 1. The van der Waals surface area contributed by atoms with Gasteiger partial charge in [-0.2, -0.15) is 0 Å². The zero-order valence-corrected chi connectivity index (χ0v) is 21.8. The number of H-pyrrole nitrogens is 1. The Morgan fingerprint density at radius 1 is 1.08 bits per heavy atom. The Balaban J connectivity index is 1.54. The predicted molar refractivity (Wildman–Crippen MR) is 144 cm³/mol. The number of carbonyl (C=O) groups is 1. The van der Waals surface area contributed by atoms with Gasteiger partial charge in [0.05, 0.1) is 5.52 Å². The summed E-state index contributed by atoms with van der Waals surface area (Å²) in [7, 11) is 0. The predicted octanol–water partition coefficient (Wildman–Crippen LogP) is 5.95. The molecular formula is C30H35N3O4. The summed E-state index contributed by atoms with van der Waals surface area (Å²) in [6, 6.07) is 19.5. The molecule has 7 nitrogen and oxygen atoms in total. The van der Waals surface area contributed by atoms with Crippen molar-refractivity contribution in [2.75, 3.05) is 0 Å². The summed E-state index contributed by atoms with van der Waals surface area (Å²) in [5, 5.41) is 15.0. The van der Waals surface area contributed by atoms with Gasteiger partial charge < -0.3 is 24.9 Å². The van der Waals surface area contributed by atoms with Crippen LogP contribution in [-0.2, 0) is 17.8 Å². The Labute approximate surface area is 217 Å². The van der Waals surface area contributed by atoms with Crippen molar-refractivity contribution in [1.82, 2.24) is 15.3 Å². The molecule has 0 fully saturated rings. The monoisotopic (exact) mass is 501 g/mol. The topological polar surface area (TPSA) is 96.5 Å². The largest absolute Gasteiger partial charge is 0.487 e. The maximum absolute atomic E-state index is 12.7. The zero-order chi connectivity index (χ0) is 26.4. The van der Waals surface area contributed by atoms with E-state index in [1.165, 1.54) is 0 Å². The minimum atomic E-state index is -1.02. The SMILES string of the molecule is CC(Cc1c[nH]c2c(OCc3ccccc3)cccc12)[C@@H](OC(=O)NC(C)(C)C)[C@H](O)c1cccnc1. The average molecular weight is 502 g/mol. The number of para-hydroxylation sites is 1. The lowest BCUT2D eigenvalue weighted by Gasteiger charge is -2.30. The van der Waals surface area contributed by atoms with Crippen LogP contribution in [0, 0.1) is 5.92 Å². The number of aromatic nitrogens is 2. The highest BCUT2D eigenvalue weighted by atomic mass is 16.6. The number of rotatable bonds is 9. The molecule has 1 amide bonds. The molecule has 7 heteroatoms. The molecule has 0 radical (unpaired) electrons. The molecule has 0 saturated carbocycles. The number of aromatic amines is 1. The maximum atomic E-state index is 12.7. The fourth-order valence-corrected chi connectivity index (χ4v) is 4.36. The number of hydrogen-bond donors (Lipinski definition) is 3. The second-order valence-electron chi connectivity index (χ2n) is 10.4. The first kappa shape index (κ1) is 26.2. The second kappa shape index (κ2) is 11.5. The lowest BCUT2D eigenvalue weighted by molar-refractivity contribution is -0.0287. The lowest BCUT2D eigenvalue weighted by Crippen LogP contribution is -2.44. The summed E-state index contributed by atoms with van der Waals surface area (Å²) in [5.74, 6) is 0.571. The second-order valence-corrected chi connectivity index (χ2v) is 10.4. The van der Waals surface area contributed by atoms with Crippen LogP contribution in [0.2, 0.25) is 0 Å². The zero-order valence-electron chi connectivity index (χ0n) is 21.8. The summed E-state index contributed by atoms with van der Waals surface area (Å²) in [4.78, 5) is 20.1. The van der Waals surface area contributed by atoms with Gasteiger partial charge in [-0.15, -0.1) is 0 Å². The van der Waals surface area contributed by atoms with Crippen LogP contribution < -0.4 is 10.1 Å². The minimum absolute atomic E-state index is 0.200. The van der Waals surface area contributed by atoms with Crippen molar-refractivity contribution in [2.24, 2.45) is 5.92 Å². The number of fused-ring (bicyclic) bond motifs is 1. The molecule has 4 aromatic rings. The molecular weight excluding hydrogens is 466 g/mol. The molecule has 194 valence electrons. The first-order valence-corrected chi connectivity index (χ1v) is 12.5. The minimum Gasteiger partial charge on any atom is -0.487 e. The summed E-state index contributed by atoms with van der Waals surface area (Å²) >= 11 is 0. The maximum Gasteiger partial charge on any atom is 0.407 e. The van der Waals surface area contributed by atoms with E-state index in [9.17, 15) is 9.90 Å². The van der Waals surface area contributed by atoms with E-state index in [0.29, 0.717) is 18.6 Å². The van der Waals surface area contributed by atoms with E-state index in [1.807, 2.05) is 82.4 Å². The van der Waals surface area contributed by atoms with Gasteiger partial charge in [0.15, 0.2) is 0 Å². The third kappa shape index (κ3) is 6.89. The molecule has 0 bridgehead atoms. The third-order valence-corrected chi connectivity index (χ3v) is 6.16. The van der Waals surface area contributed by atoms with Gasteiger partial charge in [0.1, 0.15) is 24.6 Å². The van der Waals surface area contributed by atoms with Crippen LogP contribution >= 0.6 is 0 Å². The number of ether oxygens (including phenoxy) is 2. The van der Waals surface area contributed by atoms with Crippen molar-refractivity contribution in [2.45, 2.75) is 58.5 Å². The van der Waals surface area contributed by atoms with Crippen molar-refractivity contribution < 1.29 is 19.4 Å². The van der Waals surface area contributed by atoms with Gasteiger partial charge in [-0.1, -0.05) is 55.5 Å².